The number of benzene rings is 2. The normalized spacial score (nSPS) is 18.9. The number of likely N-dealkylation sites (tertiary alicyclic amines) is 1. The average Bonchev–Trinajstić information content (AvgIpc) is 3.29. The number of halogens is 1. The van der Waals surface area contributed by atoms with E-state index in [0.717, 1.165) is 32.1 Å². The number of amides is 3. The van der Waals surface area contributed by atoms with Gasteiger partial charge in [-0.25, -0.2) is 0 Å². The molecule has 0 spiro atoms. The summed E-state index contributed by atoms with van der Waals surface area (Å²) in [7, 11) is 0. The highest BCUT2D eigenvalue weighted by atomic mass is 35.5. The highest BCUT2D eigenvalue weighted by Crippen LogP contribution is 2.24. The van der Waals surface area contributed by atoms with Gasteiger partial charge in [-0.3, -0.25) is 14.4 Å². The maximum atomic E-state index is 13.2. The molecule has 1 unspecified atom stereocenters. The minimum atomic E-state index is -0.436. The Kier molecular flexibility index (Phi) is 7.10. The maximum absolute atomic E-state index is 13.2. The molecule has 2 aromatic carbocycles. The fourth-order valence-electron chi connectivity index (χ4n) is 4.56. The number of carbonyl (C=O) groups excluding carboxylic acids is 3. The van der Waals surface area contributed by atoms with Crippen molar-refractivity contribution in [1.82, 2.24) is 10.2 Å². The van der Waals surface area contributed by atoms with E-state index in [-0.39, 0.29) is 23.8 Å². The quantitative estimate of drug-likeness (QED) is 0.691. The van der Waals surface area contributed by atoms with Crippen molar-refractivity contribution in [3.05, 3.63) is 64.7 Å². The number of nitrogens with zero attached hydrogens (tertiary/aromatic N) is 1. The van der Waals surface area contributed by atoms with Crippen LogP contribution in [0.3, 0.4) is 0 Å². The van der Waals surface area contributed by atoms with Gasteiger partial charge in [0.25, 0.3) is 11.8 Å². The van der Waals surface area contributed by atoms with Crippen LogP contribution in [0.2, 0.25) is 5.02 Å². The molecule has 1 aliphatic carbocycles. The molecule has 4 rings (SSSR count). The Morgan fingerprint density at radius 2 is 1.62 bits per heavy atom. The van der Waals surface area contributed by atoms with E-state index in [1.807, 2.05) is 0 Å². The minimum Gasteiger partial charge on any atom is -0.352 e. The molecule has 2 aliphatic rings. The molecule has 1 heterocycles. The lowest BCUT2D eigenvalue weighted by atomic mass is 9.95. The molecule has 0 radical (unpaired) electrons. The van der Waals surface area contributed by atoms with Crippen LogP contribution in [0.5, 0.6) is 0 Å². The summed E-state index contributed by atoms with van der Waals surface area (Å²) in [4.78, 5) is 40.3. The first kappa shape index (κ1) is 22.3. The topological polar surface area (TPSA) is 78.5 Å². The van der Waals surface area contributed by atoms with Gasteiger partial charge in [0.15, 0.2) is 0 Å². The molecule has 1 aliphatic heterocycles. The van der Waals surface area contributed by atoms with Crippen LogP contribution in [0.25, 0.3) is 0 Å². The fourth-order valence-corrected chi connectivity index (χ4v) is 4.75. The Morgan fingerprint density at radius 3 is 2.41 bits per heavy atom. The van der Waals surface area contributed by atoms with E-state index >= 15 is 0 Å². The van der Waals surface area contributed by atoms with Gasteiger partial charge < -0.3 is 15.5 Å². The summed E-state index contributed by atoms with van der Waals surface area (Å²) in [5, 5.41) is 6.45. The number of carbonyl (C=O) groups is 3. The van der Waals surface area contributed by atoms with Crippen molar-refractivity contribution in [1.29, 1.82) is 0 Å². The Morgan fingerprint density at radius 1 is 0.875 bits per heavy atom. The minimum absolute atomic E-state index is 0.0480. The van der Waals surface area contributed by atoms with E-state index in [4.69, 9.17) is 11.6 Å². The van der Waals surface area contributed by atoms with Crippen LogP contribution in [0.15, 0.2) is 48.5 Å². The lowest BCUT2D eigenvalue weighted by Gasteiger charge is -2.28. The largest absolute Gasteiger partial charge is 0.352 e. The highest BCUT2D eigenvalue weighted by molar-refractivity contribution is 6.31. The summed E-state index contributed by atoms with van der Waals surface area (Å²) in [5.41, 5.74) is 1.41. The molecule has 0 aromatic heterocycles. The second kappa shape index (κ2) is 10.2. The summed E-state index contributed by atoms with van der Waals surface area (Å²) in [5.74, 6) is -0.540. The van der Waals surface area contributed by atoms with Crippen LogP contribution < -0.4 is 10.6 Å². The van der Waals surface area contributed by atoms with Crippen molar-refractivity contribution in [3.8, 4) is 0 Å². The molecule has 2 N–H and O–H groups in total. The molecule has 7 heteroatoms. The summed E-state index contributed by atoms with van der Waals surface area (Å²) < 4.78 is 0. The summed E-state index contributed by atoms with van der Waals surface area (Å²) in [6.07, 6.45) is 7.03. The first-order valence-corrected chi connectivity index (χ1v) is 11.7. The third-order valence-corrected chi connectivity index (χ3v) is 6.46. The van der Waals surface area contributed by atoms with E-state index in [1.54, 1.807) is 53.4 Å². The Bertz CT molecular complexity index is 1000. The van der Waals surface area contributed by atoms with Crippen LogP contribution in [-0.2, 0) is 4.79 Å². The average molecular weight is 454 g/mol. The lowest BCUT2D eigenvalue weighted by Crippen LogP contribution is -2.49. The van der Waals surface area contributed by atoms with Crippen molar-refractivity contribution in [3.63, 3.8) is 0 Å². The SMILES string of the molecule is O=C(Nc1cccc(C(=O)N2CCCC2C(=O)NC2CCCCC2)c1)c1cccc(Cl)c1. The van der Waals surface area contributed by atoms with E-state index in [9.17, 15) is 14.4 Å². The van der Waals surface area contributed by atoms with Crippen molar-refractivity contribution in [2.75, 3.05) is 11.9 Å². The maximum Gasteiger partial charge on any atom is 0.255 e. The second-order valence-electron chi connectivity index (χ2n) is 8.55. The smallest absolute Gasteiger partial charge is 0.255 e. The molecule has 32 heavy (non-hydrogen) atoms. The van der Waals surface area contributed by atoms with E-state index in [2.05, 4.69) is 10.6 Å². The van der Waals surface area contributed by atoms with Gasteiger partial charge in [-0.05, 0) is 62.1 Å². The van der Waals surface area contributed by atoms with Crippen molar-refractivity contribution < 1.29 is 14.4 Å². The van der Waals surface area contributed by atoms with E-state index in [1.165, 1.54) is 6.42 Å². The molecule has 0 bridgehead atoms. The number of anilines is 1. The third kappa shape index (κ3) is 5.30. The van der Waals surface area contributed by atoms with Gasteiger partial charge in [0.1, 0.15) is 6.04 Å². The second-order valence-corrected chi connectivity index (χ2v) is 8.98. The molecule has 2 fully saturated rings. The van der Waals surface area contributed by atoms with E-state index in [0.29, 0.717) is 34.8 Å². The van der Waals surface area contributed by atoms with Gasteiger partial charge in [-0.1, -0.05) is 43.0 Å². The zero-order valence-corrected chi connectivity index (χ0v) is 18.7. The molecule has 6 nitrogen and oxygen atoms in total. The van der Waals surface area contributed by atoms with E-state index < -0.39 is 6.04 Å². The van der Waals surface area contributed by atoms with Gasteiger partial charge in [0, 0.05) is 34.4 Å². The predicted molar refractivity (Wildman–Crippen MR) is 125 cm³/mol. The summed E-state index contributed by atoms with van der Waals surface area (Å²) in [6.45, 7) is 0.556. The van der Waals surface area contributed by atoms with Crippen molar-refractivity contribution >= 4 is 35.0 Å². The molecule has 2 aromatic rings. The number of hydrogen-bond acceptors (Lipinski definition) is 3. The van der Waals surface area contributed by atoms with Gasteiger partial charge in [0.05, 0.1) is 0 Å². The molecule has 168 valence electrons. The van der Waals surface area contributed by atoms with Crippen LogP contribution in [0.4, 0.5) is 5.69 Å². The Hall–Kier alpha value is -2.86. The predicted octanol–water partition coefficient (Wildman–Crippen LogP) is 4.65. The van der Waals surface area contributed by atoms with Gasteiger partial charge >= 0.3 is 0 Å². The standard InChI is InChI=1S/C25H28ClN3O3/c26-19-9-4-7-17(15-19)23(30)28-21-12-5-8-18(16-21)25(32)29-14-6-13-22(29)24(31)27-20-10-2-1-3-11-20/h4-5,7-9,12,15-16,20,22H,1-3,6,10-11,13-14H2,(H,27,31)(H,28,30). The Balaban J connectivity index is 1.43. The number of rotatable bonds is 5. The highest BCUT2D eigenvalue weighted by Gasteiger charge is 2.35. The molecular weight excluding hydrogens is 426 g/mol. The van der Waals surface area contributed by atoms with Crippen LogP contribution in [0.1, 0.15) is 65.7 Å². The number of nitrogens with one attached hydrogen (secondary N) is 2. The van der Waals surface area contributed by atoms with Gasteiger partial charge in [-0.2, -0.15) is 0 Å². The van der Waals surface area contributed by atoms with Crippen LogP contribution in [0, 0.1) is 0 Å². The summed E-state index contributed by atoms with van der Waals surface area (Å²) in [6, 6.07) is 13.3. The Labute approximate surface area is 193 Å². The lowest BCUT2D eigenvalue weighted by molar-refractivity contribution is -0.125. The molecule has 3 amide bonds. The van der Waals surface area contributed by atoms with Gasteiger partial charge in [0.2, 0.25) is 5.91 Å². The van der Waals surface area contributed by atoms with Crippen LogP contribution >= 0.6 is 11.6 Å². The van der Waals surface area contributed by atoms with Crippen molar-refractivity contribution in [2.45, 2.75) is 57.0 Å². The molecule has 1 saturated carbocycles. The molecule has 1 atom stereocenters. The zero-order chi connectivity index (χ0) is 22.5. The zero-order valence-electron chi connectivity index (χ0n) is 18.0. The third-order valence-electron chi connectivity index (χ3n) is 6.22. The monoisotopic (exact) mass is 453 g/mol. The van der Waals surface area contributed by atoms with Crippen molar-refractivity contribution in [2.24, 2.45) is 0 Å². The summed E-state index contributed by atoms with van der Waals surface area (Å²) >= 11 is 5.97. The first-order chi connectivity index (χ1) is 15.5. The fraction of sp³-hybridized carbons (Fsp3) is 0.400. The molecule has 1 saturated heterocycles. The number of hydrogen-bond donors (Lipinski definition) is 2. The van der Waals surface area contributed by atoms with Gasteiger partial charge in [-0.15, -0.1) is 0 Å². The molecular formula is C25H28ClN3O3. The van der Waals surface area contributed by atoms with Crippen LogP contribution in [-0.4, -0.2) is 41.2 Å². The first-order valence-electron chi connectivity index (χ1n) is 11.3.